The Hall–Kier alpha value is -7.30. The van der Waals surface area contributed by atoms with E-state index in [1.165, 1.54) is 11.1 Å². The standard InChI is InChI=1S/C50H33N3O/c1-5-16-34(17-6-1)35-28-30-39(31-29-35)53(38-22-11-4-12-23-38)45-33-47-48(41-25-14-13-24-40(41)45)49-42(26-15-27-46(49)54-47)50-51-43(36-18-7-2-8-19-36)32-44(52-50)37-20-9-3-10-21-37/h1-33H. The van der Waals surface area contributed by atoms with Crippen LogP contribution in [0.3, 0.4) is 0 Å². The molecule has 0 radical (unpaired) electrons. The summed E-state index contributed by atoms with van der Waals surface area (Å²) in [5.41, 5.74) is 11.8. The second kappa shape index (κ2) is 13.4. The largest absolute Gasteiger partial charge is 0.456 e. The molecule has 2 heterocycles. The number of hydrogen-bond donors (Lipinski definition) is 0. The van der Waals surface area contributed by atoms with Crippen LogP contribution in [0.5, 0.6) is 0 Å². The molecule has 0 amide bonds. The van der Waals surface area contributed by atoms with E-state index in [1.54, 1.807) is 0 Å². The highest BCUT2D eigenvalue weighted by Gasteiger charge is 2.23. The van der Waals surface area contributed by atoms with Crippen molar-refractivity contribution in [3.63, 3.8) is 0 Å². The zero-order valence-corrected chi connectivity index (χ0v) is 29.3. The van der Waals surface area contributed by atoms with Crippen LogP contribution in [0.1, 0.15) is 0 Å². The number of hydrogen-bond acceptors (Lipinski definition) is 4. The number of fused-ring (bicyclic) bond motifs is 5. The summed E-state index contributed by atoms with van der Waals surface area (Å²) in [5.74, 6) is 0.654. The molecule has 0 saturated heterocycles. The van der Waals surface area contributed by atoms with Gasteiger partial charge in [-0.15, -0.1) is 0 Å². The lowest BCUT2D eigenvalue weighted by molar-refractivity contribution is 0.669. The molecule has 4 nitrogen and oxygen atoms in total. The highest BCUT2D eigenvalue weighted by molar-refractivity contribution is 6.25. The average Bonchev–Trinajstić information content (AvgIpc) is 3.64. The van der Waals surface area contributed by atoms with Gasteiger partial charge in [0, 0.05) is 50.3 Å². The maximum atomic E-state index is 6.81. The van der Waals surface area contributed by atoms with Gasteiger partial charge in [-0.25, -0.2) is 9.97 Å². The fourth-order valence-electron chi connectivity index (χ4n) is 7.55. The molecule has 0 aliphatic carbocycles. The summed E-state index contributed by atoms with van der Waals surface area (Å²) in [6.07, 6.45) is 0. The van der Waals surface area contributed by atoms with Crippen LogP contribution < -0.4 is 4.90 Å². The second-order valence-corrected chi connectivity index (χ2v) is 13.4. The van der Waals surface area contributed by atoms with E-state index >= 15 is 0 Å². The maximum absolute atomic E-state index is 6.81. The van der Waals surface area contributed by atoms with Gasteiger partial charge in [0.15, 0.2) is 5.82 Å². The van der Waals surface area contributed by atoms with Crippen molar-refractivity contribution in [3.05, 3.63) is 200 Å². The molecule has 0 unspecified atom stereocenters. The van der Waals surface area contributed by atoms with E-state index in [0.717, 1.165) is 77.9 Å². The fourth-order valence-corrected chi connectivity index (χ4v) is 7.55. The number of furan rings is 1. The van der Waals surface area contributed by atoms with E-state index in [0.29, 0.717) is 5.82 Å². The Morgan fingerprint density at radius 2 is 0.889 bits per heavy atom. The minimum absolute atomic E-state index is 0.654. The zero-order valence-electron chi connectivity index (χ0n) is 29.3. The third-order valence-corrected chi connectivity index (χ3v) is 10.1. The molecule has 8 aromatic carbocycles. The van der Waals surface area contributed by atoms with Crippen LogP contribution in [0.2, 0.25) is 0 Å². The van der Waals surface area contributed by atoms with E-state index < -0.39 is 0 Å². The van der Waals surface area contributed by atoms with Gasteiger partial charge in [0.05, 0.1) is 17.1 Å². The Morgan fingerprint density at radius 1 is 0.370 bits per heavy atom. The van der Waals surface area contributed by atoms with Gasteiger partial charge in [-0.1, -0.05) is 158 Å². The molecular weight excluding hydrogens is 659 g/mol. The van der Waals surface area contributed by atoms with Crippen LogP contribution in [0.15, 0.2) is 205 Å². The Labute approximate surface area is 313 Å². The van der Waals surface area contributed by atoms with Crippen molar-refractivity contribution in [3.8, 4) is 45.0 Å². The predicted octanol–water partition coefficient (Wildman–Crippen LogP) is 13.7. The van der Waals surface area contributed by atoms with Gasteiger partial charge in [0.25, 0.3) is 0 Å². The van der Waals surface area contributed by atoms with Gasteiger partial charge in [0.1, 0.15) is 11.2 Å². The summed E-state index contributed by atoms with van der Waals surface area (Å²) < 4.78 is 6.81. The first-order valence-electron chi connectivity index (χ1n) is 18.2. The third-order valence-electron chi connectivity index (χ3n) is 10.1. The Kier molecular flexibility index (Phi) is 7.77. The highest BCUT2D eigenvalue weighted by atomic mass is 16.3. The SMILES string of the molecule is c1ccc(-c2ccc(N(c3ccccc3)c3cc4oc5cccc(-c6nc(-c7ccccc7)cc(-c7ccccc7)n6)c5c4c4ccccc34)cc2)cc1. The van der Waals surface area contributed by atoms with Crippen molar-refractivity contribution in [2.24, 2.45) is 0 Å². The van der Waals surface area contributed by atoms with Crippen molar-refractivity contribution in [2.45, 2.75) is 0 Å². The summed E-state index contributed by atoms with van der Waals surface area (Å²) in [4.78, 5) is 12.7. The van der Waals surface area contributed by atoms with Gasteiger partial charge in [-0.2, -0.15) is 0 Å². The van der Waals surface area contributed by atoms with Crippen molar-refractivity contribution < 1.29 is 4.42 Å². The minimum Gasteiger partial charge on any atom is -0.456 e. The van der Waals surface area contributed by atoms with Crippen molar-refractivity contribution in [1.29, 1.82) is 0 Å². The number of rotatable bonds is 7. The van der Waals surface area contributed by atoms with Gasteiger partial charge >= 0.3 is 0 Å². The summed E-state index contributed by atoms with van der Waals surface area (Å²) in [5, 5.41) is 4.25. The van der Waals surface area contributed by atoms with Crippen LogP contribution >= 0.6 is 0 Å². The summed E-state index contributed by atoms with van der Waals surface area (Å²) in [6, 6.07) is 69.5. The molecule has 254 valence electrons. The molecule has 0 bridgehead atoms. The predicted molar refractivity (Wildman–Crippen MR) is 223 cm³/mol. The highest BCUT2D eigenvalue weighted by Crippen LogP contribution is 2.46. The van der Waals surface area contributed by atoms with E-state index in [2.05, 4.69) is 150 Å². The Bertz CT molecular complexity index is 2850. The lowest BCUT2D eigenvalue weighted by Gasteiger charge is -2.27. The fraction of sp³-hybridized carbons (Fsp3) is 0. The van der Waals surface area contributed by atoms with Gasteiger partial charge < -0.3 is 9.32 Å². The number of para-hydroxylation sites is 1. The lowest BCUT2D eigenvalue weighted by Crippen LogP contribution is -2.10. The number of aromatic nitrogens is 2. The number of benzene rings is 8. The molecule has 0 saturated carbocycles. The molecule has 0 fully saturated rings. The van der Waals surface area contributed by atoms with Crippen molar-refractivity contribution in [2.75, 3.05) is 4.90 Å². The molecule has 0 atom stereocenters. The van der Waals surface area contributed by atoms with Crippen LogP contribution in [-0.2, 0) is 0 Å². The van der Waals surface area contributed by atoms with Crippen LogP contribution in [0.25, 0.3) is 77.7 Å². The van der Waals surface area contributed by atoms with Crippen LogP contribution in [0.4, 0.5) is 17.1 Å². The van der Waals surface area contributed by atoms with E-state index in [-0.39, 0.29) is 0 Å². The molecule has 4 heteroatoms. The van der Waals surface area contributed by atoms with Crippen molar-refractivity contribution >= 4 is 49.8 Å². The minimum atomic E-state index is 0.654. The normalized spacial score (nSPS) is 11.3. The first kappa shape index (κ1) is 31.4. The average molecular weight is 692 g/mol. The molecule has 0 N–H and O–H groups in total. The summed E-state index contributed by atoms with van der Waals surface area (Å²) in [7, 11) is 0. The van der Waals surface area contributed by atoms with E-state index in [1.807, 2.05) is 54.6 Å². The second-order valence-electron chi connectivity index (χ2n) is 13.4. The van der Waals surface area contributed by atoms with Crippen molar-refractivity contribution in [1.82, 2.24) is 9.97 Å². The number of anilines is 3. The zero-order chi connectivity index (χ0) is 35.8. The first-order chi connectivity index (χ1) is 26.8. The Morgan fingerprint density at radius 3 is 1.52 bits per heavy atom. The summed E-state index contributed by atoms with van der Waals surface area (Å²) >= 11 is 0. The van der Waals surface area contributed by atoms with E-state index in [9.17, 15) is 0 Å². The third kappa shape index (κ3) is 5.58. The molecule has 10 aromatic rings. The molecule has 0 spiro atoms. The number of nitrogens with zero attached hydrogens (tertiary/aromatic N) is 3. The quantitative estimate of drug-likeness (QED) is 0.167. The topological polar surface area (TPSA) is 42.2 Å². The van der Waals surface area contributed by atoms with Gasteiger partial charge in [-0.3, -0.25) is 0 Å². The van der Waals surface area contributed by atoms with Crippen LogP contribution in [-0.4, -0.2) is 9.97 Å². The molecule has 0 aliphatic heterocycles. The molecule has 10 rings (SSSR count). The molecular formula is C50H33N3O. The molecule has 0 aliphatic rings. The van der Waals surface area contributed by atoms with Crippen LogP contribution in [0, 0.1) is 0 Å². The first-order valence-corrected chi connectivity index (χ1v) is 18.2. The molecule has 54 heavy (non-hydrogen) atoms. The lowest BCUT2D eigenvalue weighted by atomic mass is 9.98. The maximum Gasteiger partial charge on any atom is 0.161 e. The Balaban J connectivity index is 1.20. The summed E-state index contributed by atoms with van der Waals surface area (Å²) in [6.45, 7) is 0. The monoisotopic (exact) mass is 691 g/mol. The molecule has 2 aromatic heterocycles. The smallest absolute Gasteiger partial charge is 0.161 e. The van der Waals surface area contributed by atoms with E-state index in [4.69, 9.17) is 14.4 Å². The van der Waals surface area contributed by atoms with Gasteiger partial charge in [-0.05, 0) is 52.9 Å². The van der Waals surface area contributed by atoms with Gasteiger partial charge in [0.2, 0.25) is 0 Å².